The molecular formula is C33H39Cl2N7O4. The Bertz CT molecular complexity index is 1520. The smallest absolute Gasteiger partial charge is 0.306 e. The number of esters is 1. The highest BCUT2D eigenvalue weighted by atomic mass is 35.5. The van der Waals surface area contributed by atoms with Gasteiger partial charge in [0.05, 0.1) is 31.6 Å². The predicted molar refractivity (Wildman–Crippen MR) is 176 cm³/mol. The number of halogens is 2. The molecule has 2 saturated heterocycles. The van der Waals surface area contributed by atoms with Crippen molar-refractivity contribution in [1.29, 1.82) is 0 Å². The number of carbonyl (C=O) groups is 2. The van der Waals surface area contributed by atoms with E-state index in [0.29, 0.717) is 64.2 Å². The van der Waals surface area contributed by atoms with Crippen LogP contribution in [0, 0.1) is 11.8 Å². The van der Waals surface area contributed by atoms with E-state index < -0.39 is 0 Å². The zero-order chi connectivity index (χ0) is 32.2. The van der Waals surface area contributed by atoms with E-state index in [1.54, 1.807) is 25.4 Å². The summed E-state index contributed by atoms with van der Waals surface area (Å²) in [6.45, 7) is 8.11. The normalized spacial score (nSPS) is 21.7. The molecule has 2 aliphatic heterocycles. The Kier molecular flexibility index (Phi) is 10.2. The van der Waals surface area contributed by atoms with Gasteiger partial charge in [-0.2, -0.15) is 0 Å². The molecule has 3 aromatic rings. The molecule has 0 bridgehead atoms. The second-order valence-electron chi connectivity index (χ2n) is 12.2. The minimum atomic E-state index is -0.193. The van der Waals surface area contributed by atoms with Crippen molar-refractivity contribution < 1.29 is 19.1 Å². The number of methoxy groups -OCH3 is 1. The van der Waals surface area contributed by atoms with Crippen molar-refractivity contribution in [2.24, 2.45) is 11.8 Å². The molecule has 11 nitrogen and oxygen atoms in total. The minimum Gasteiger partial charge on any atom is -0.469 e. The molecule has 1 aliphatic carbocycles. The molecule has 4 heterocycles. The van der Waals surface area contributed by atoms with Crippen molar-refractivity contribution in [3.8, 4) is 22.9 Å². The molecule has 1 amide bonds. The molecule has 0 spiro atoms. The number of aromatic nitrogens is 3. The molecule has 1 N–H and O–H groups in total. The number of nitrogens with one attached hydrogen (secondary N) is 1. The van der Waals surface area contributed by atoms with Gasteiger partial charge >= 0.3 is 5.97 Å². The molecule has 13 heteroatoms. The number of pyridine rings is 1. The fourth-order valence-corrected chi connectivity index (χ4v) is 7.12. The number of fused-ring (bicyclic) bond motifs is 1. The Morgan fingerprint density at radius 1 is 0.913 bits per heavy atom. The third-order valence-electron chi connectivity index (χ3n) is 9.04. The number of amides is 1. The van der Waals surface area contributed by atoms with Gasteiger partial charge in [-0.05, 0) is 67.6 Å². The Labute approximate surface area is 279 Å². The quantitative estimate of drug-likeness (QED) is 0.306. The summed E-state index contributed by atoms with van der Waals surface area (Å²) < 4.78 is 11.0. The van der Waals surface area contributed by atoms with Crippen LogP contribution in [0.3, 0.4) is 0 Å². The zero-order valence-corrected chi connectivity index (χ0v) is 27.6. The van der Waals surface area contributed by atoms with Gasteiger partial charge in [-0.25, -0.2) is 15.0 Å². The van der Waals surface area contributed by atoms with Crippen molar-refractivity contribution in [2.45, 2.75) is 38.8 Å². The van der Waals surface area contributed by atoms with Crippen LogP contribution in [-0.2, 0) is 20.9 Å². The molecule has 2 aromatic heterocycles. The minimum absolute atomic E-state index is 0.0554. The Balaban J connectivity index is 1.13. The lowest BCUT2D eigenvalue weighted by molar-refractivity contribution is -0.141. The van der Waals surface area contributed by atoms with E-state index in [1.165, 1.54) is 7.11 Å². The topological polar surface area (TPSA) is 113 Å². The first-order chi connectivity index (χ1) is 22.2. The van der Waals surface area contributed by atoms with Crippen molar-refractivity contribution in [1.82, 2.24) is 30.1 Å². The van der Waals surface area contributed by atoms with Crippen molar-refractivity contribution in [3.05, 3.63) is 58.3 Å². The fourth-order valence-electron chi connectivity index (χ4n) is 6.59. The number of piperazine rings is 1. The third kappa shape index (κ3) is 8.25. The van der Waals surface area contributed by atoms with E-state index in [0.717, 1.165) is 69.8 Å². The summed E-state index contributed by atoms with van der Waals surface area (Å²) in [6, 6.07) is 9.74. The summed E-state index contributed by atoms with van der Waals surface area (Å²) in [7, 11) is 1.41. The highest BCUT2D eigenvalue weighted by molar-refractivity contribution is 6.35. The second kappa shape index (κ2) is 14.5. The van der Waals surface area contributed by atoms with Gasteiger partial charge in [0.25, 0.3) is 0 Å². The molecular weight excluding hydrogens is 629 g/mol. The lowest BCUT2D eigenvalue weighted by Crippen LogP contribution is -2.47. The Morgan fingerprint density at radius 3 is 2.22 bits per heavy atom. The summed E-state index contributed by atoms with van der Waals surface area (Å²) in [4.78, 5) is 43.8. The molecule has 0 radical (unpaired) electrons. The molecule has 46 heavy (non-hydrogen) atoms. The zero-order valence-electron chi connectivity index (χ0n) is 26.1. The van der Waals surface area contributed by atoms with Gasteiger partial charge in [-0.1, -0.05) is 23.2 Å². The summed E-state index contributed by atoms with van der Waals surface area (Å²) in [5.41, 5.74) is 2.58. The number of ether oxygens (including phenoxy) is 2. The average molecular weight is 669 g/mol. The largest absolute Gasteiger partial charge is 0.469 e. The van der Waals surface area contributed by atoms with Crippen LogP contribution in [0.5, 0.6) is 11.6 Å². The van der Waals surface area contributed by atoms with Crippen LogP contribution in [0.1, 0.15) is 31.7 Å². The molecule has 1 saturated carbocycles. The van der Waals surface area contributed by atoms with E-state index in [2.05, 4.69) is 36.1 Å². The van der Waals surface area contributed by atoms with Gasteiger partial charge in [0.15, 0.2) is 5.75 Å². The lowest BCUT2D eigenvalue weighted by atomic mass is 10.1. The monoisotopic (exact) mass is 667 g/mol. The number of likely N-dealkylation sites (tertiary alicyclic amines) is 1. The van der Waals surface area contributed by atoms with Gasteiger partial charge in [-0.15, -0.1) is 0 Å². The molecule has 1 aromatic carbocycles. The van der Waals surface area contributed by atoms with Crippen LogP contribution >= 0.6 is 23.2 Å². The van der Waals surface area contributed by atoms with Crippen molar-refractivity contribution in [2.75, 3.05) is 57.8 Å². The van der Waals surface area contributed by atoms with Gasteiger partial charge in [0.2, 0.25) is 17.7 Å². The van der Waals surface area contributed by atoms with E-state index in [4.69, 9.17) is 37.7 Å². The van der Waals surface area contributed by atoms with Crippen LogP contribution < -0.4 is 15.0 Å². The first kappa shape index (κ1) is 32.4. The molecule has 0 unspecified atom stereocenters. The van der Waals surface area contributed by atoms with Gasteiger partial charge < -0.3 is 19.7 Å². The fraction of sp³-hybridized carbons (Fsp3) is 0.485. The van der Waals surface area contributed by atoms with Gasteiger partial charge in [0.1, 0.15) is 0 Å². The Hall–Kier alpha value is -3.51. The summed E-state index contributed by atoms with van der Waals surface area (Å²) in [5, 5.41) is 4.18. The number of anilines is 1. The number of rotatable bonds is 10. The van der Waals surface area contributed by atoms with Crippen LogP contribution in [0.25, 0.3) is 11.3 Å². The van der Waals surface area contributed by atoms with E-state index in [1.807, 2.05) is 18.2 Å². The molecule has 3 aliphatic rings. The van der Waals surface area contributed by atoms with E-state index in [9.17, 15) is 9.59 Å². The van der Waals surface area contributed by atoms with E-state index in [-0.39, 0.29) is 11.9 Å². The standard InChI is InChI=1S/C33H39Cl2N7O4/c1-21(43)38-32-27-3-6-41(7-4-28(27)32)20-22-13-29(23-15-24(34)17-25(35)16-23)39-30(14-22)46-26-18-36-33(37-19-26)42-11-9-40(10-12-42)8-5-31(44)45-2/h13-19,27-28,32H,3-12,20H2,1-2H3,(H,38,43)/t27-,28+,32+. The van der Waals surface area contributed by atoms with E-state index >= 15 is 0 Å². The Morgan fingerprint density at radius 2 is 1.59 bits per heavy atom. The highest BCUT2D eigenvalue weighted by Gasteiger charge is 2.50. The summed E-state index contributed by atoms with van der Waals surface area (Å²) >= 11 is 12.7. The lowest BCUT2D eigenvalue weighted by Gasteiger charge is -2.34. The molecule has 3 fully saturated rings. The van der Waals surface area contributed by atoms with Crippen LogP contribution in [-0.4, -0.2) is 95.6 Å². The van der Waals surface area contributed by atoms with Crippen LogP contribution in [0.2, 0.25) is 10.0 Å². The second-order valence-corrected chi connectivity index (χ2v) is 13.1. The van der Waals surface area contributed by atoms with Crippen molar-refractivity contribution >= 4 is 41.0 Å². The van der Waals surface area contributed by atoms with Gasteiger partial charge in [0, 0.05) is 73.9 Å². The van der Waals surface area contributed by atoms with Crippen molar-refractivity contribution in [3.63, 3.8) is 0 Å². The van der Waals surface area contributed by atoms with Crippen LogP contribution in [0.4, 0.5) is 5.95 Å². The number of benzene rings is 1. The molecule has 3 atom stereocenters. The number of carbonyl (C=O) groups excluding carboxylic acids is 2. The summed E-state index contributed by atoms with van der Waals surface area (Å²) in [5.74, 6) is 2.54. The predicted octanol–water partition coefficient (Wildman–Crippen LogP) is 4.67. The summed E-state index contributed by atoms with van der Waals surface area (Å²) in [6.07, 6.45) is 5.85. The first-order valence-electron chi connectivity index (χ1n) is 15.7. The third-order valence-corrected chi connectivity index (χ3v) is 9.47. The number of hydrogen-bond donors (Lipinski definition) is 1. The van der Waals surface area contributed by atoms with Gasteiger partial charge in [-0.3, -0.25) is 19.4 Å². The number of nitrogens with zero attached hydrogens (tertiary/aromatic N) is 6. The maximum Gasteiger partial charge on any atom is 0.306 e. The maximum atomic E-state index is 11.5. The maximum absolute atomic E-state index is 11.5. The first-order valence-corrected chi connectivity index (χ1v) is 16.5. The molecule has 6 rings (SSSR count). The highest BCUT2D eigenvalue weighted by Crippen LogP contribution is 2.46. The SMILES string of the molecule is COC(=O)CCN1CCN(c2ncc(Oc3cc(CN4CC[C@@H]5[C@H](CC4)[C@H]5NC(C)=O)cc(-c4cc(Cl)cc(Cl)c4)n3)cn2)CC1. The number of hydrogen-bond acceptors (Lipinski definition) is 10. The average Bonchev–Trinajstić information content (AvgIpc) is 3.74. The molecule has 244 valence electrons. The van der Waals surface area contributed by atoms with Crippen LogP contribution in [0.15, 0.2) is 42.7 Å².